The van der Waals surface area contributed by atoms with Crippen molar-refractivity contribution in [3.63, 3.8) is 0 Å². The van der Waals surface area contributed by atoms with Gasteiger partial charge in [0, 0.05) is 30.8 Å². The van der Waals surface area contributed by atoms with Crippen LogP contribution >= 0.6 is 0 Å². The van der Waals surface area contributed by atoms with Gasteiger partial charge in [0.1, 0.15) is 0 Å². The second-order valence-corrected chi connectivity index (χ2v) is 4.59. The molecule has 0 saturated heterocycles. The number of aromatic nitrogens is 1. The second-order valence-electron chi connectivity index (χ2n) is 4.59. The van der Waals surface area contributed by atoms with Gasteiger partial charge in [-0.2, -0.15) is 0 Å². The lowest BCUT2D eigenvalue weighted by molar-refractivity contribution is 0.00226. The molecule has 5 N–H and O–H groups in total. The van der Waals surface area contributed by atoms with Crippen molar-refractivity contribution in [2.24, 2.45) is 11.7 Å². The number of carbonyl (C=O) groups is 1. The number of aliphatic hydroxyl groups is 3. The molecular formula is C12H16N2O4. The lowest BCUT2D eigenvalue weighted by Gasteiger charge is -2.18. The Hall–Kier alpha value is -1.50. The Morgan fingerprint density at radius 3 is 2.72 bits per heavy atom. The van der Waals surface area contributed by atoms with Crippen LogP contribution in [0.2, 0.25) is 0 Å². The van der Waals surface area contributed by atoms with Crippen molar-refractivity contribution in [2.75, 3.05) is 6.61 Å². The van der Waals surface area contributed by atoms with Gasteiger partial charge in [-0.05, 0) is 18.1 Å². The summed E-state index contributed by atoms with van der Waals surface area (Å²) in [4.78, 5) is 15.1. The molecule has 1 heterocycles. The van der Waals surface area contributed by atoms with Gasteiger partial charge in [-0.1, -0.05) is 0 Å². The van der Waals surface area contributed by atoms with Gasteiger partial charge in [-0.15, -0.1) is 0 Å². The van der Waals surface area contributed by atoms with Crippen LogP contribution < -0.4 is 5.73 Å². The van der Waals surface area contributed by atoms with E-state index in [2.05, 4.69) is 4.98 Å². The van der Waals surface area contributed by atoms with Crippen LogP contribution in [0.3, 0.4) is 0 Å². The summed E-state index contributed by atoms with van der Waals surface area (Å²) in [5, 5.41) is 28.9. The molecule has 4 atom stereocenters. The first kappa shape index (κ1) is 12.9. The molecule has 98 valence electrons. The van der Waals surface area contributed by atoms with Crippen LogP contribution in [0, 0.1) is 5.92 Å². The Morgan fingerprint density at radius 2 is 2.17 bits per heavy atom. The Kier molecular flexibility index (Phi) is 3.60. The van der Waals surface area contributed by atoms with Gasteiger partial charge in [0.2, 0.25) is 0 Å². The van der Waals surface area contributed by atoms with Crippen molar-refractivity contribution < 1.29 is 20.1 Å². The number of nitrogens with two attached hydrogens (primary N) is 1. The number of nitrogens with zero attached hydrogens (tertiary/aromatic N) is 1. The number of pyridine rings is 1. The summed E-state index contributed by atoms with van der Waals surface area (Å²) in [7, 11) is 0. The zero-order valence-electron chi connectivity index (χ0n) is 9.73. The maximum atomic E-state index is 11.3. The number of amides is 1. The number of aliphatic hydroxyl groups excluding tert-OH is 3. The van der Waals surface area contributed by atoms with Gasteiger partial charge < -0.3 is 21.1 Å². The van der Waals surface area contributed by atoms with Crippen LogP contribution in [-0.4, -0.2) is 45.0 Å². The molecule has 0 bridgehead atoms. The average Bonchev–Trinajstić information content (AvgIpc) is 2.66. The minimum Gasteiger partial charge on any atom is -0.396 e. The Balaban J connectivity index is 2.35. The molecule has 1 fully saturated rings. The summed E-state index contributed by atoms with van der Waals surface area (Å²) in [6, 6.07) is 1.61. The van der Waals surface area contributed by atoms with E-state index in [-0.39, 0.29) is 18.1 Å². The summed E-state index contributed by atoms with van der Waals surface area (Å²) in [6.45, 7) is -0.203. The third-order valence-corrected chi connectivity index (χ3v) is 3.56. The van der Waals surface area contributed by atoms with E-state index in [4.69, 9.17) is 10.8 Å². The average molecular weight is 252 g/mol. The van der Waals surface area contributed by atoms with Gasteiger partial charge in [-0.25, -0.2) is 0 Å². The highest BCUT2D eigenvalue weighted by Gasteiger charge is 2.42. The molecule has 0 spiro atoms. The summed E-state index contributed by atoms with van der Waals surface area (Å²) >= 11 is 0. The first-order valence-corrected chi connectivity index (χ1v) is 5.77. The zero-order chi connectivity index (χ0) is 13.3. The van der Waals surface area contributed by atoms with Gasteiger partial charge in [-0.3, -0.25) is 9.78 Å². The number of hydrogen-bond acceptors (Lipinski definition) is 5. The SMILES string of the molecule is NC(=O)c1cnccc1C1C[C@@H](CO)[C@H](O)[C@@H]1O. The number of rotatable bonds is 3. The molecule has 0 aromatic carbocycles. The normalized spacial score (nSPS) is 31.5. The third kappa shape index (κ3) is 2.10. The molecule has 1 saturated carbocycles. The highest BCUT2D eigenvalue weighted by atomic mass is 16.3. The van der Waals surface area contributed by atoms with E-state index in [9.17, 15) is 15.0 Å². The topological polar surface area (TPSA) is 117 Å². The van der Waals surface area contributed by atoms with E-state index in [0.717, 1.165) is 0 Å². The number of carbonyl (C=O) groups excluding carboxylic acids is 1. The third-order valence-electron chi connectivity index (χ3n) is 3.56. The predicted molar refractivity (Wildman–Crippen MR) is 62.7 cm³/mol. The number of hydrogen-bond donors (Lipinski definition) is 4. The predicted octanol–water partition coefficient (Wildman–Crippen LogP) is -1.00. The van der Waals surface area contributed by atoms with Crippen LogP contribution in [0.1, 0.15) is 28.3 Å². The van der Waals surface area contributed by atoms with E-state index >= 15 is 0 Å². The van der Waals surface area contributed by atoms with Gasteiger partial charge in [0.05, 0.1) is 17.8 Å². The van der Waals surface area contributed by atoms with Crippen molar-refractivity contribution in [3.8, 4) is 0 Å². The summed E-state index contributed by atoms with van der Waals surface area (Å²) in [5.41, 5.74) is 6.07. The fourth-order valence-electron chi connectivity index (χ4n) is 2.55. The molecule has 6 heteroatoms. The van der Waals surface area contributed by atoms with Gasteiger partial charge >= 0.3 is 0 Å². The molecule has 18 heavy (non-hydrogen) atoms. The summed E-state index contributed by atoms with van der Waals surface area (Å²) < 4.78 is 0. The minimum atomic E-state index is -1.01. The first-order chi connectivity index (χ1) is 8.56. The smallest absolute Gasteiger partial charge is 0.250 e. The maximum Gasteiger partial charge on any atom is 0.250 e. The quantitative estimate of drug-likeness (QED) is 0.550. The molecule has 2 rings (SSSR count). The van der Waals surface area contributed by atoms with Crippen molar-refractivity contribution in [2.45, 2.75) is 24.5 Å². The molecule has 1 amide bonds. The minimum absolute atomic E-state index is 0.203. The molecular weight excluding hydrogens is 236 g/mol. The van der Waals surface area contributed by atoms with E-state index in [0.29, 0.717) is 12.0 Å². The second kappa shape index (κ2) is 5.01. The van der Waals surface area contributed by atoms with E-state index in [1.807, 2.05) is 0 Å². The van der Waals surface area contributed by atoms with Gasteiger partial charge in [0.25, 0.3) is 5.91 Å². The van der Waals surface area contributed by atoms with E-state index < -0.39 is 24.0 Å². The molecule has 1 aromatic heterocycles. The zero-order valence-corrected chi connectivity index (χ0v) is 9.73. The van der Waals surface area contributed by atoms with Crippen molar-refractivity contribution in [1.29, 1.82) is 0 Å². The van der Waals surface area contributed by atoms with E-state index in [1.54, 1.807) is 6.07 Å². The largest absolute Gasteiger partial charge is 0.396 e. The lowest BCUT2D eigenvalue weighted by Crippen LogP contribution is -2.29. The Bertz CT molecular complexity index is 451. The van der Waals surface area contributed by atoms with Crippen LogP contribution in [0.25, 0.3) is 0 Å². The van der Waals surface area contributed by atoms with Crippen LogP contribution in [-0.2, 0) is 0 Å². The van der Waals surface area contributed by atoms with E-state index in [1.165, 1.54) is 12.4 Å². The first-order valence-electron chi connectivity index (χ1n) is 5.77. The lowest BCUT2D eigenvalue weighted by atomic mass is 9.92. The molecule has 0 aliphatic heterocycles. The fraction of sp³-hybridized carbons (Fsp3) is 0.500. The molecule has 1 aromatic rings. The highest BCUT2D eigenvalue weighted by Crippen LogP contribution is 2.39. The summed E-state index contributed by atoms with van der Waals surface area (Å²) in [5.74, 6) is -1.42. The van der Waals surface area contributed by atoms with Crippen LogP contribution in [0.4, 0.5) is 0 Å². The maximum absolute atomic E-state index is 11.3. The van der Waals surface area contributed by atoms with Crippen molar-refractivity contribution in [3.05, 3.63) is 29.6 Å². The van der Waals surface area contributed by atoms with Crippen LogP contribution in [0.15, 0.2) is 18.5 Å². The Labute approximate surface area is 104 Å². The Morgan fingerprint density at radius 1 is 1.44 bits per heavy atom. The molecule has 6 nitrogen and oxygen atoms in total. The molecule has 0 radical (unpaired) electrons. The van der Waals surface area contributed by atoms with Crippen molar-refractivity contribution >= 4 is 5.91 Å². The van der Waals surface area contributed by atoms with Crippen LogP contribution in [0.5, 0.6) is 0 Å². The standard InChI is InChI=1S/C12H16N2O4/c13-12(18)9-4-14-2-1-7(9)8-3-6(5-15)10(16)11(8)17/h1-2,4,6,8,10-11,15-17H,3,5H2,(H2,13,18)/t6-,8?,10-,11+/m0/s1. The molecule has 1 unspecified atom stereocenters. The monoisotopic (exact) mass is 252 g/mol. The molecule has 1 aliphatic rings. The summed E-state index contributed by atoms with van der Waals surface area (Å²) in [6.07, 6.45) is 1.26. The fourth-order valence-corrected chi connectivity index (χ4v) is 2.55. The van der Waals surface area contributed by atoms with Gasteiger partial charge in [0.15, 0.2) is 0 Å². The highest BCUT2D eigenvalue weighted by molar-refractivity contribution is 5.94. The number of primary amides is 1. The molecule has 1 aliphatic carbocycles. The van der Waals surface area contributed by atoms with Crippen molar-refractivity contribution in [1.82, 2.24) is 4.98 Å².